The molecule has 0 unspecified atom stereocenters. The molecule has 0 fully saturated rings. The largest absolute Gasteiger partial charge is 0.385 e. The third-order valence-electron chi connectivity index (χ3n) is 2.61. The number of benzene rings is 1. The molecule has 3 N–H and O–H groups in total. The first-order chi connectivity index (χ1) is 6.88. The normalized spacial score (nSPS) is 11.5. The van der Waals surface area contributed by atoms with Crippen LogP contribution in [-0.2, 0) is 0 Å². The zero-order valence-electron chi connectivity index (χ0n) is 10.2. The van der Waals surface area contributed by atoms with Gasteiger partial charge in [0.2, 0.25) is 0 Å². The van der Waals surface area contributed by atoms with Gasteiger partial charge >= 0.3 is 0 Å². The molecule has 1 aromatic carbocycles. The maximum Gasteiger partial charge on any atom is 0.0343 e. The predicted octanol–water partition coefficient (Wildman–Crippen LogP) is 2.84. The Bertz CT molecular complexity index is 324. The Morgan fingerprint density at radius 1 is 1.20 bits per heavy atom. The van der Waals surface area contributed by atoms with Gasteiger partial charge in [0.1, 0.15) is 0 Å². The van der Waals surface area contributed by atoms with Crippen LogP contribution >= 0.6 is 0 Å². The lowest BCUT2D eigenvalue weighted by Gasteiger charge is -2.19. The van der Waals surface area contributed by atoms with E-state index in [9.17, 15) is 0 Å². The predicted molar refractivity (Wildman–Crippen MR) is 67.3 cm³/mol. The van der Waals surface area contributed by atoms with E-state index in [0.29, 0.717) is 0 Å². The van der Waals surface area contributed by atoms with Crippen molar-refractivity contribution >= 4 is 5.69 Å². The third-order valence-corrected chi connectivity index (χ3v) is 2.61. The molecule has 0 radical (unpaired) electrons. The van der Waals surface area contributed by atoms with Crippen molar-refractivity contribution in [2.24, 2.45) is 5.73 Å². The molecule has 2 heteroatoms. The maximum atomic E-state index is 5.91. The van der Waals surface area contributed by atoms with Crippen LogP contribution in [0.1, 0.15) is 31.4 Å². The van der Waals surface area contributed by atoms with Gasteiger partial charge in [0, 0.05) is 17.8 Å². The Kier molecular flexibility index (Phi) is 3.75. The second kappa shape index (κ2) is 4.67. The van der Waals surface area contributed by atoms with Gasteiger partial charge in [0.25, 0.3) is 0 Å². The van der Waals surface area contributed by atoms with Gasteiger partial charge in [0.05, 0.1) is 0 Å². The number of nitrogens with two attached hydrogens (primary N) is 1. The zero-order chi connectivity index (χ0) is 11.5. The summed E-state index contributed by atoms with van der Waals surface area (Å²) in [6, 6.07) is 6.44. The van der Waals surface area contributed by atoms with Crippen molar-refractivity contribution in [2.75, 3.05) is 11.9 Å². The summed E-state index contributed by atoms with van der Waals surface area (Å²) < 4.78 is 0. The van der Waals surface area contributed by atoms with Crippen molar-refractivity contribution in [2.45, 2.75) is 39.7 Å². The highest BCUT2D eigenvalue weighted by atomic mass is 14.9. The van der Waals surface area contributed by atoms with Crippen LogP contribution in [0.5, 0.6) is 0 Å². The SMILES string of the molecule is Cc1ccc(NCCC(C)(C)N)cc1C. The molecule has 0 aliphatic carbocycles. The Morgan fingerprint density at radius 2 is 1.87 bits per heavy atom. The van der Waals surface area contributed by atoms with Gasteiger partial charge in [-0.15, -0.1) is 0 Å². The molecule has 0 amide bonds. The van der Waals surface area contributed by atoms with Crippen molar-refractivity contribution in [1.82, 2.24) is 0 Å². The minimum absolute atomic E-state index is 0.0905. The molecule has 1 rings (SSSR count). The second-order valence-electron chi connectivity index (χ2n) is 4.96. The maximum absolute atomic E-state index is 5.91. The minimum Gasteiger partial charge on any atom is -0.385 e. The van der Waals surface area contributed by atoms with Gasteiger partial charge in [-0.2, -0.15) is 0 Å². The molecule has 0 heterocycles. The summed E-state index contributed by atoms with van der Waals surface area (Å²) in [7, 11) is 0. The molecule has 2 nitrogen and oxygen atoms in total. The Hall–Kier alpha value is -1.02. The molecule has 0 aliphatic rings. The van der Waals surface area contributed by atoms with Gasteiger partial charge < -0.3 is 11.1 Å². The molecule has 0 spiro atoms. The van der Waals surface area contributed by atoms with E-state index in [-0.39, 0.29) is 5.54 Å². The quantitative estimate of drug-likeness (QED) is 0.795. The van der Waals surface area contributed by atoms with Crippen LogP contribution in [0.4, 0.5) is 5.69 Å². The molecule has 84 valence electrons. The molecule has 0 atom stereocenters. The van der Waals surface area contributed by atoms with E-state index in [1.807, 2.05) is 0 Å². The molecule has 0 bridgehead atoms. The van der Waals surface area contributed by atoms with E-state index in [0.717, 1.165) is 13.0 Å². The van der Waals surface area contributed by atoms with E-state index in [4.69, 9.17) is 5.73 Å². The Labute approximate surface area is 92.9 Å². The molecular weight excluding hydrogens is 184 g/mol. The van der Waals surface area contributed by atoms with Crippen molar-refractivity contribution < 1.29 is 0 Å². The van der Waals surface area contributed by atoms with Crippen LogP contribution in [0.15, 0.2) is 18.2 Å². The number of nitrogens with one attached hydrogen (secondary N) is 1. The standard InChI is InChI=1S/C13H22N2/c1-10-5-6-12(9-11(10)2)15-8-7-13(3,4)14/h5-6,9,15H,7-8,14H2,1-4H3. The highest BCUT2D eigenvalue weighted by Gasteiger charge is 2.09. The summed E-state index contributed by atoms with van der Waals surface area (Å²) in [5.74, 6) is 0. The number of rotatable bonds is 4. The third kappa shape index (κ3) is 4.34. The molecule has 0 aromatic heterocycles. The summed E-state index contributed by atoms with van der Waals surface area (Å²) in [4.78, 5) is 0. The van der Waals surface area contributed by atoms with Gasteiger partial charge in [-0.25, -0.2) is 0 Å². The van der Waals surface area contributed by atoms with Crippen LogP contribution in [0, 0.1) is 13.8 Å². The van der Waals surface area contributed by atoms with E-state index >= 15 is 0 Å². The summed E-state index contributed by atoms with van der Waals surface area (Å²) in [6.45, 7) is 9.28. The van der Waals surface area contributed by atoms with Crippen molar-refractivity contribution in [3.63, 3.8) is 0 Å². The van der Waals surface area contributed by atoms with Crippen LogP contribution < -0.4 is 11.1 Å². The van der Waals surface area contributed by atoms with Crippen LogP contribution in [-0.4, -0.2) is 12.1 Å². The van der Waals surface area contributed by atoms with Gasteiger partial charge in [0.15, 0.2) is 0 Å². The second-order valence-corrected chi connectivity index (χ2v) is 4.96. The lowest BCUT2D eigenvalue weighted by atomic mass is 10.0. The van der Waals surface area contributed by atoms with Crippen molar-refractivity contribution in [1.29, 1.82) is 0 Å². The fourth-order valence-electron chi connectivity index (χ4n) is 1.38. The van der Waals surface area contributed by atoms with E-state index in [2.05, 4.69) is 51.2 Å². The van der Waals surface area contributed by atoms with E-state index in [1.54, 1.807) is 0 Å². The molecule has 0 saturated heterocycles. The minimum atomic E-state index is -0.0905. The molecule has 15 heavy (non-hydrogen) atoms. The van der Waals surface area contributed by atoms with Gasteiger partial charge in [-0.3, -0.25) is 0 Å². The van der Waals surface area contributed by atoms with Crippen LogP contribution in [0.3, 0.4) is 0 Å². The monoisotopic (exact) mass is 206 g/mol. The van der Waals surface area contributed by atoms with E-state index < -0.39 is 0 Å². The first-order valence-corrected chi connectivity index (χ1v) is 5.48. The number of hydrogen-bond donors (Lipinski definition) is 2. The summed E-state index contributed by atoms with van der Waals surface area (Å²) in [6.07, 6.45) is 0.972. The lowest BCUT2D eigenvalue weighted by Crippen LogP contribution is -2.34. The first-order valence-electron chi connectivity index (χ1n) is 5.48. The average molecular weight is 206 g/mol. The van der Waals surface area contributed by atoms with Gasteiger partial charge in [-0.1, -0.05) is 6.07 Å². The van der Waals surface area contributed by atoms with Crippen molar-refractivity contribution in [3.8, 4) is 0 Å². The van der Waals surface area contributed by atoms with Crippen molar-refractivity contribution in [3.05, 3.63) is 29.3 Å². The molecular formula is C13H22N2. The topological polar surface area (TPSA) is 38.0 Å². The molecule has 0 aliphatic heterocycles. The number of aryl methyl sites for hydroxylation is 2. The fraction of sp³-hybridized carbons (Fsp3) is 0.538. The van der Waals surface area contributed by atoms with Gasteiger partial charge in [-0.05, 0) is 57.4 Å². The Morgan fingerprint density at radius 3 is 2.40 bits per heavy atom. The smallest absolute Gasteiger partial charge is 0.0343 e. The first kappa shape index (κ1) is 12.1. The summed E-state index contributed by atoms with van der Waals surface area (Å²) >= 11 is 0. The van der Waals surface area contributed by atoms with Crippen LogP contribution in [0.2, 0.25) is 0 Å². The highest BCUT2D eigenvalue weighted by Crippen LogP contribution is 2.14. The fourth-order valence-corrected chi connectivity index (χ4v) is 1.38. The number of hydrogen-bond acceptors (Lipinski definition) is 2. The van der Waals surface area contributed by atoms with Crippen LogP contribution in [0.25, 0.3) is 0 Å². The summed E-state index contributed by atoms with van der Waals surface area (Å²) in [5, 5.41) is 3.39. The van der Waals surface area contributed by atoms with E-state index in [1.165, 1.54) is 16.8 Å². The average Bonchev–Trinajstić information content (AvgIpc) is 2.09. The zero-order valence-corrected chi connectivity index (χ0v) is 10.2. The summed E-state index contributed by atoms with van der Waals surface area (Å²) in [5.41, 5.74) is 9.66. The Balaban J connectivity index is 2.48. The lowest BCUT2D eigenvalue weighted by molar-refractivity contribution is 0.491. The highest BCUT2D eigenvalue weighted by molar-refractivity contribution is 5.47. The molecule has 0 saturated carbocycles. The number of anilines is 1. The molecule has 1 aromatic rings.